The average Bonchev–Trinajstić information content (AvgIpc) is 2.72. The van der Waals surface area contributed by atoms with Gasteiger partial charge in [0.25, 0.3) is 0 Å². The summed E-state index contributed by atoms with van der Waals surface area (Å²) in [6, 6.07) is 6.25. The van der Waals surface area contributed by atoms with Crippen LogP contribution in [0.2, 0.25) is 0 Å². The van der Waals surface area contributed by atoms with Gasteiger partial charge >= 0.3 is 0 Å². The van der Waals surface area contributed by atoms with Crippen molar-refractivity contribution < 1.29 is 9.50 Å². The highest BCUT2D eigenvalue weighted by Gasteiger charge is 2.11. The van der Waals surface area contributed by atoms with E-state index in [0.29, 0.717) is 5.56 Å². The third-order valence-electron chi connectivity index (χ3n) is 2.99. The van der Waals surface area contributed by atoms with E-state index in [1.165, 1.54) is 16.5 Å². The third kappa shape index (κ3) is 2.89. The van der Waals surface area contributed by atoms with Crippen LogP contribution in [-0.2, 0) is 6.54 Å². The summed E-state index contributed by atoms with van der Waals surface area (Å²) in [4.78, 5) is 1.26. The van der Waals surface area contributed by atoms with Crippen molar-refractivity contribution in [3.05, 3.63) is 51.5 Å². The zero-order valence-corrected chi connectivity index (χ0v) is 11.2. The van der Waals surface area contributed by atoms with Gasteiger partial charge in [-0.3, -0.25) is 0 Å². The van der Waals surface area contributed by atoms with Crippen LogP contribution in [0.1, 0.15) is 29.0 Å². The minimum atomic E-state index is -0.377. The van der Waals surface area contributed by atoms with E-state index in [1.54, 1.807) is 17.4 Å². The van der Waals surface area contributed by atoms with Crippen molar-refractivity contribution >= 4 is 11.3 Å². The minimum absolute atomic E-state index is 0.0439. The first-order valence-electron chi connectivity index (χ1n) is 5.82. The second-order valence-electron chi connectivity index (χ2n) is 4.34. The smallest absolute Gasteiger partial charge is 0.131 e. The largest absolute Gasteiger partial charge is 0.508 e. The predicted molar refractivity (Wildman–Crippen MR) is 72.4 cm³/mol. The van der Waals surface area contributed by atoms with Gasteiger partial charge < -0.3 is 10.4 Å². The highest BCUT2D eigenvalue weighted by molar-refractivity contribution is 7.10. The summed E-state index contributed by atoms with van der Waals surface area (Å²) >= 11 is 1.70. The molecule has 1 atom stereocenters. The number of benzene rings is 1. The molecule has 1 aromatic carbocycles. The van der Waals surface area contributed by atoms with E-state index in [9.17, 15) is 9.50 Å². The number of nitrogens with one attached hydrogen (secondary N) is 1. The molecule has 2 N–H and O–H groups in total. The van der Waals surface area contributed by atoms with Gasteiger partial charge in [0.1, 0.15) is 11.6 Å². The molecule has 0 fully saturated rings. The Bertz CT molecular complexity index is 538. The van der Waals surface area contributed by atoms with E-state index in [2.05, 4.69) is 23.7 Å². The van der Waals surface area contributed by atoms with E-state index < -0.39 is 0 Å². The molecular formula is C14H16FNOS. The quantitative estimate of drug-likeness (QED) is 0.882. The van der Waals surface area contributed by atoms with Gasteiger partial charge in [0.05, 0.1) is 0 Å². The number of rotatable bonds is 4. The maximum Gasteiger partial charge on any atom is 0.131 e. The number of phenolic OH excluding ortho intramolecular Hbond substituents is 1. The second-order valence-corrected chi connectivity index (χ2v) is 5.34. The van der Waals surface area contributed by atoms with Gasteiger partial charge in [-0.2, -0.15) is 0 Å². The Hall–Kier alpha value is -1.39. The Balaban J connectivity index is 2.03. The Kier molecular flexibility index (Phi) is 3.99. The van der Waals surface area contributed by atoms with Crippen molar-refractivity contribution in [2.24, 2.45) is 0 Å². The summed E-state index contributed by atoms with van der Waals surface area (Å²) < 4.78 is 13.6. The molecule has 96 valence electrons. The molecule has 0 saturated heterocycles. The summed E-state index contributed by atoms with van der Waals surface area (Å²) in [5, 5.41) is 14.5. The SMILES string of the molecule is Cc1ccsc1CNC(C)c1ccc(O)cc1F. The topological polar surface area (TPSA) is 32.3 Å². The first kappa shape index (κ1) is 13.1. The molecule has 0 aliphatic rings. The van der Waals surface area contributed by atoms with Crippen molar-refractivity contribution in [3.8, 4) is 5.75 Å². The van der Waals surface area contributed by atoms with E-state index in [0.717, 1.165) is 12.6 Å². The minimum Gasteiger partial charge on any atom is -0.508 e. The number of thiophene rings is 1. The summed E-state index contributed by atoms with van der Waals surface area (Å²) in [5.74, 6) is -0.421. The molecule has 1 aromatic heterocycles. The number of hydrogen-bond donors (Lipinski definition) is 2. The highest BCUT2D eigenvalue weighted by atomic mass is 32.1. The summed E-state index contributed by atoms with van der Waals surface area (Å²) in [7, 11) is 0. The van der Waals surface area contributed by atoms with Gasteiger partial charge in [-0.25, -0.2) is 4.39 Å². The van der Waals surface area contributed by atoms with Crippen LogP contribution in [0.15, 0.2) is 29.6 Å². The van der Waals surface area contributed by atoms with Crippen molar-refractivity contribution in [3.63, 3.8) is 0 Å². The van der Waals surface area contributed by atoms with Crippen LogP contribution < -0.4 is 5.32 Å². The molecule has 2 nitrogen and oxygen atoms in total. The Morgan fingerprint density at radius 1 is 1.39 bits per heavy atom. The molecule has 0 radical (unpaired) electrons. The summed E-state index contributed by atoms with van der Waals surface area (Å²) in [6.45, 7) is 4.71. The van der Waals surface area contributed by atoms with Crippen molar-refractivity contribution in [2.75, 3.05) is 0 Å². The Morgan fingerprint density at radius 3 is 2.78 bits per heavy atom. The number of aromatic hydroxyl groups is 1. The monoisotopic (exact) mass is 265 g/mol. The zero-order valence-electron chi connectivity index (χ0n) is 10.4. The lowest BCUT2D eigenvalue weighted by Crippen LogP contribution is -2.18. The molecule has 0 amide bonds. The molecule has 18 heavy (non-hydrogen) atoms. The molecule has 1 unspecified atom stereocenters. The van der Waals surface area contributed by atoms with Gasteiger partial charge in [0.15, 0.2) is 0 Å². The first-order valence-corrected chi connectivity index (χ1v) is 6.70. The molecule has 4 heteroatoms. The lowest BCUT2D eigenvalue weighted by atomic mass is 10.1. The van der Waals surface area contributed by atoms with Gasteiger partial charge in [-0.15, -0.1) is 11.3 Å². The van der Waals surface area contributed by atoms with Crippen LogP contribution in [0.3, 0.4) is 0 Å². The van der Waals surface area contributed by atoms with Crippen LogP contribution >= 0.6 is 11.3 Å². The van der Waals surface area contributed by atoms with E-state index >= 15 is 0 Å². The van der Waals surface area contributed by atoms with Crippen molar-refractivity contribution in [2.45, 2.75) is 26.4 Å². The fourth-order valence-electron chi connectivity index (χ4n) is 1.81. The van der Waals surface area contributed by atoms with Crippen molar-refractivity contribution in [1.82, 2.24) is 5.32 Å². The maximum absolute atomic E-state index is 13.6. The standard InChI is InChI=1S/C14H16FNOS/c1-9-5-6-18-14(9)8-16-10(2)12-4-3-11(17)7-13(12)15/h3-7,10,16-17H,8H2,1-2H3. The molecule has 2 rings (SSSR count). The lowest BCUT2D eigenvalue weighted by molar-refractivity contribution is 0.463. The van der Waals surface area contributed by atoms with Gasteiger partial charge in [-0.05, 0) is 36.9 Å². The van der Waals surface area contributed by atoms with Crippen LogP contribution in [0.25, 0.3) is 0 Å². The van der Waals surface area contributed by atoms with Gasteiger partial charge in [0.2, 0.25) is 0 Å². The van der Waals surface area contributed by atoms with Gasteiger partial charge in [-0.1, -0.05) is 6.07 Å². The van der Waals surface area contributed by atoms with Crippen molar-refractivity contribution in [1.29, 1.82) is 0 Å². The van der Waals surface area contributed by atoms with E-state index in [1.807, 2.05) is 6.92 Å². The molecular weight excluding hydrogens is 249 g/mol. The number of hydrogen-bond acceptors (Lipinski definition) is 3. The second kappa shape index (κ2) is 5.50. The fraction of sp³-hybridized carbons (Fsp3) is 0.286. The van der Waals surface area contributed by atoms with Gasteiger partial charge in [0, 0.05) is 29.1 Å². The number of halogens is 1. The number of phenols is 1. The van der Waals surface area contributed by atoms with Crippen LogP contribution in [0, 0.1) is 12.7 Å². The van der Waals surface area contributed by atoms with Crippen LogP contribution in [0.4, 0.5) is 4.39 Å². The number of aryl methyl sites for hydroxylation is 1. The lowest BCUT2D eigenvalue weighted by Gasteiger charge is -2.15. The average molecular weight is 265 g/mol. The molecule has 0 aliphatic heterocycles. The third-order valence-corrected chi connectivity index (χ3v) is 4.01. The molecule has 0 bridgehead atoms. The normalized spacial score (nSPS) is 12.6. The predicted octanol–water partition coefficient (Wildman–Crippen LogP) is 3.75. The molecule has 0 spiro atoms. The summed E-state index contributed by atoms with van der Waals surface area (Å²) in [5.41, 5.74) is 1.83. The summed E-state index contributed by atoms with van der Waals surface area (Å²) in [6.07, 6.45) is 0. The van der Waals surface area contributed by atoms with Crippen LogP contribution in [-0.4, -0.2) is 5.11 Å². The molecule has 0 saturated carbocycles. The fourth-order valence-corrected chi connectivity index (χ4v) is 2.67. The first-order chi connectivity index (χ1) is 8.58. The zero-order chi connectivity index (χ0) is 13.1. The maximum atomic E-state index is 13.6. The Labute approximate surface area is 110 Å². The van der Waals surface area contributed by atoms with E-state index in [-0.39, 0.29) is 17.6 Å². The molecule has 0 aliphatic carbocycles. The highest BCUT2D eigenvalue weighted by Crippen LogP contribution is 2.22. The van der Waals surface area contributed by atoms with Crippen LogP contribution in [0.5, 0.6) is 5.75 Å². The van der Waals surface area contributed by atoms with E-state index in [4.69, 9.17) is 0 Å². The Morgan fingerprint density at radius 2 is 2.17 bits per heavy atom. The molecule has 1 heterocycles. The molecule has 2 aromatic rings.